The summed E-state index contributed by atoms with van der Waals surface area (Å²) in [7, 11) is 2.12. The van der Waals surface area contributed by atoms with Crippen LogP contribution in [0.25, 0.3) is 0 Å². The van der Waals surface area contributed by atoms with Gasteiger partial charge in [0.25, 0.3) is 0 Å². The minimum Gasteiger partial charge on any atom is -0.376 e. The summed E-state index contributed by atoms with van der Waals surface area (Å²) in [6, 6.07) is 0. The van der Waals surface area contributed by atoms with Crippen molar-refractivity contribution in [2.45, 2.75) is 20.8 Å². The fourth-order valence-corrected chi connectivity index (χ4v) is 1.71. The second kappa shape index (κ2) is 3.70. The molecule has 0 aromatic heterocycles. The average Bonchev–Trinajstić information content (AvgIpc) is 1.94. The molecule has 0 bridgehead atoms. The van der Waals surface area contributed by atoms with Crippen LogP contribution in [-0.4, -0.2) is 43.0 Å². The number of rotatable bonds is 1. The first-order valence-electron chi connectivity index (χ1n) is 5.00. The number of hydrogen-bond acceptors (Lipinski definition) is 2. The Labute approximate surface area is 82.2 Å². The Kier molecular flexibility index (Phi) is 3.01. The Balaban J connectivity index is 2.42. The molecule has 13 heavy (non-hydrogen) atoms. The molecule has 1 fully saturated rings. The maximum atomic E-state index is 4.06. The minimum absolute atomic E-state index is 0.399. The molecular formula is C11H22N2. The van der Waals surface area contributed by atoms with Gasteiger partial charge in [0, 0.05) is 38.9 Å². The van der Waals surface area contributed by atoms with Gasteiger partial charge in [0.05, 0.1) is 0 Å². The Morgan fingerprint density at radius 3 is 2.38 bits per heavy atom. The summed E-state index contributed by atoms with van der Waals surface area (Å²) >= 11 is 0. The van der Waals surface area contributed by atoms with E-state index in [1.54, 1.807) is 0 Å². The van der Waals surface area contributed by atoms with Crippen LogP contribution in [0.15, 0.2) is 12.3 Å². The third-order valence-corrected chi connectivity index (χ3v) is 2.40. The van der Waals surface area contributed by atoms with E-state index in [4.69, 9.17) is 0 Å². The molecule has 2 heteroatoms. The molecule has 1 aliphatic heterocycles. The van der Waals surface area contributed by atoms with Gasteiger partial charge in [0.1, 0.15) is 0 Å². The molecule has 0 aromatic carbocycles. The number of nitrogens with zero attached hydrogens (tertiary/aromatic N) is 2. The molecule has 1 saturated heterocycles. The molecule has 0 amide bonds. The predicted octanol–water partition coefficient (Wildman–Crippen LogP) is 1.79. The quantitative estimate of drug-likeness (QED) is 0.610. The maximum absolute atomic E-state index is 4.06. The van der Waals surface area contributed by atoms with Gasteiger partial charge >= 0.3 is 0 Å². The summed E-state index contributed by atoms with van der Waals surface area (Å²) in [6.45, 7) is 15.4. The molecule has 1 rings (SSSR count). The first-order valence-corrected chi connectivity index (χ1v) is 5.00. The highest BCUT2D eigenvalue weighted by Crippen LogP contribution is 2.18. The fourth-order valence-electron chi connectivity index (χ4n) is 1.71. The monoisotopic (exact) mass is 182 g/mol. The highest BCUT2D eigenvalue weighted by molar-refractivity contribution is 4.99. The zero-order valence-corrected chi connectivity index (χ0v) is 9.43. The van der Waals surface area contributed by atoms with E-state index in [2.05, 4.69) is 44.2 Å². The number of likely N-dealkylation sites (N-methyl/N-ethyl adjacent to an activating group) is 1. The van der Waals surface area contributed by atoms with Crippen LogP contribution in [0.4, 0.5) is 0 Å². The highest BCUT2D eigenvalue weighted by Gasteiger charge is 2.21. The lowest BCUT2D eigenvalue weighted by molar-refractivity contribution is 0.148. The second-order valence-electron chi connectivity index (χ2n) is 5.26. The summed E-state index contributed by atoms with van der Waals surface area (Å²) in [4.78, 5) is 4.74. The van der Waals surface area contributed by atoms with E-state index in [9.17, 15) is 0 Å². The molecule has 1 heterocycles. The maximum Gasteiger partial charge on any atom is 0.0378 e. The van der Waals surface area contributed by atoms with E-state index in [1.807, 2.05) is 0 Å². The van der Waals surface area contributed by atoms with E-state index < -0.39 is 0 Å². The van der Waals surface area contributed by atoms with E-state index in [0.29, 0.717) is 5.41 Å². The SMILES string of the molecule is C=C1CN(CC(C)(C)C)CCN1C. The summed E-state index contributed by atoms with van der Waals surface area (Å²) in [6.07, 6.45) is 0. The van der Waals surface area contributed by atoms with Crippen LogP contribution in [0.1, 0.15) is 20.8 Å². The van der Waals surface area contributed by atoms with E-state index in [0.717, 1.165) is 13.1 Å². The molecule has 0 saturated carbocycles. The Morgan fingerprint density at radius 2 is 1.92 bits per heavy atom. The lowest BCUT2D eigenvalue weighted by Crippen LogP contribution is -2.45. The van der Waals surface area contributed by atoms with Gasteiger partial charge < -0.3 is 4.90 Å². The zero-order chi connectivity index (χ0) is 10.1. The first kappa shape index (κ1) is 10.6. The van der Waals surface area contributed by atoms with Crippen molar-refractivity contribution < 1.29 is 0 Å². The summed E-state index contributed by atoms with van der Waals surface area (Å²) in [5.41, 5.74) is 1.64. The fraction of sp³-hybridized carbons (Fsp3) is 0.818. The van der Waals surface area contributed by atoms with Crippen LogP contribution in [-0.2, 0) is 0 Å². The van der Waals surface area contributed by atoms with Gasteiger partial charge in [0.2, 0.25) is 0 Å². The Morgan fingerprint density at radius 1 is 1.31 bits per heavy atom. The molecule has 0 unspecified atom stereocenters. The van der Waals surface area contributed by atoms with E-state index in [1.165, 1.54) is 18.8 Å². The minimum atomic E-state index is 0.399. The van der Waals surface area contributed by atoms with Crippen molar-refractivity contribution in [2.24, 2.45) is 5.41 Å². The largest absolute Gasteiger partial charge is 0.376 e. The van der Waals surface area contributed by atoms with E-state index in [-0.39, 0.29) is 0 Å². The number of hydrogen-bond donors (Lipinski definition) is 0. The lowest BCUT2D eigenvalue weighted by atomic mass is 9.95. The van der Waals surface area contributed by atoms with Crippen LogP contribution in [0.2, 0.25) is 0 Å². The molecule has 2 nitrogen and oxygen atoms in total. The molecule has 0 aromatic rings. The third-order valence-electron chi connectivity index (χ3n) is 2.40. The van der Waals surface area contributed by atoms with Crippen molar-refractivity contribution in [3.05, 3.63) is 12.3 Å². The van der Waals surface area contributed by atoms with Crippen molar-refractivity contribution in [2.75, 3.05) is 33.2 Å². The van der Waals surface area contributed by atoms with Crippen molar-refractivity contribution >= 4 is 0 Å². The van der Waals surface area contributed by atoms with Crippen LogP contribution in [0, 0.1) is 5.41 Å². The van der Waals surface area contributed by atoms with Crippen LogP contribution < -0.4 is 0 Å². The smallest absolute Gasteiger partial charge is 0.0378 e. The molecule has 1 aliphatic rings. The normalized spacial score (nSPS) is 20.9. The molecule has 0 spiro atoms. The molecular weight excluding hydrogens is 160 g/mol. The van der Waals surface area contributed by atoms with Crippen molar-refractivity contribution in [3.63, 3.8) is 0 Å². The standard InChI is InChI=1S/C11H22N2/c1-10-8-13(7-6-12(10)5)9-11(2,3)4/h1,6-9H2,2-5H3. The van der Waals surface area contributed by atoms with Crippen LogP contribution in [0.5, 0.6) is 0 Å². The molecule has 0 aliphatic carbocycles. The summed E-state index contributed by atoms with van der Waals surface area (Å²) in [5.74, 6) is 0. The molecule has 0 atom stereocenters. The third kappa shape index (κ3) is 3.39. The molecule has 0 N–H and O–H groups in total. The topological polar surface area (TPSA) is 6.48 Å². The second-order valence-corrected chi connectivity index (χ2v) is 5.26. The Hall–Kier alpha value is -0.500. The highest BCUT2D eigenvalue weighted by atomic mass is 15.3. The average molecular weight is 182 g/mol. The number of piperazine rings is 1. The summed E-state index contributed by atoms with van der Waals surface area (Å²) in [5, 5.41) is 0. The van der Waals surface area contributed by atoms with Crippen molar-refractivity contribution in [3.8, 4) is 0 Å². The molecule has 0 radical (unpaired) electrons. The van der Waals surface area contributed by atoms with Gasteiger partial charge in [-0.1, -0.05) is 27.4 Å². The van der Waals surface area contributed by atoms with E-state index >= 15 is 0 Å². The molecule has 76 valence electrons. The van der Waals surface area contributed by atoms with Gasteiger partial charge in [-0.2, -0.15) is 0 Å². The van der Waals surface area contributed by atoms with Crippen molar-refractivity contribution in [1.29, 1.82) is 0 Å². The summed E-state index contributed by atoms with van der Waals surface area (Å²) < 4.78 is 0. The van der Waals surface area contributed by atoms with Gasteiger partial charge in [-0.05, 0) is 5.41 Å². The van der Waals surface area contributed by atoms with Gasteiger partial charge in [-0.15, -0.1) is 0 Å². The van der Waals surface area contributed by atoms with Gasteiger partial charge in [-0.3, -0.25) is 4.90 Å². The van der Waals surface area contributed by atoms with Gasteiger partial charge in [-0.25, -0.2) is 0 Å². The van der Waals surface area contributed by atoms with Crippen LogP contribution in [0.3, 0.4) is 0 Å². The Bertz CT molecular complexity index is 191. The first-order chi connectivity index (χ1) is 5.88. The van der Waals surface area contributed by atoms with Crippen molar-refractivity contribution in [1.82, 2.24) is 9.80 Å². The van der Waals surface area contributed by atoms with Gasteiger partial charge in [0.15, 0.2) is 0 Å². The lowest BCUT2D eigenvalue weighted by Gasteiger charge is -2.38. The predicted molar refractivity (Wildman–Crippen MR) is 57.7 cm³/mol. The zero-order valence-electron chi connectivity index (χ0n) is 9.43. The van der Waals surface area contributed by atoms with Crippen LogP contribution >= 0.6 is 0 Å².